The summed E-state index contributed by atoms with van der Waals surface area (Å²) < 4.78 is 7.00. The third-order valence-corrected chi connectivity index (χ3v) is 4.56. The first kappa shape index (κ1) is 15.0. The third-order valence-electron chi connectivity index (χ3n) is 3.84. The van der Waals surface area contributed by atoms with Gasteiger partial charge in [0.2, 0.25) is 0 Å². The maximum atomic E-state index is 5.81. The van der Waals surface area contributed by atoms with Gasteiger partial charge in [0.15, 0.2) is 0 Å². The van der Waals surface area contributed by atoms with Crippen LogP contribution >= 0.6 is 15.9 Å². The number of hydrogen-bond donors (Lipinski definition) is 1. The molecule has 1 aliphatic rings. The van der Waals surface area contributed by atoms with Crippen LogP contribution in [0.2, 0.25) is 0 Å². The van der Waals surface area contributed by atoms with Gasteiger partial charge in [-0.15, -0.1) is 0 Å². The fourth-order valence-electron chi connectivity index (χ4n) is 2.82. The molecule has 0 saturated carbocycles. The summed E-state index contributed by atoms with van der Waals surface area (Å²) in [4.78, 5) is 0. The zero-order chi connectivity index (χ0) is 13.7. The molecular formula is C16H24BrNO. The van der Waals surface area contributed by atoms with Crippen LogP contribution in [0.1, 0.15) is 51.1 Å². The van der Waals surface area contributed by atoms with Gasteiger partial charge in [-0.3, -0.25) is 0 Å². The Hall–Kier alpha value is -0.380. The predicted molar refractivity (Wildman–Crippen MR) is 83.4 cm³/mol. The molecular weight excluding hydrogens is 302 g/mol. The molecule has 0 amide bonds. The van der Waals surface area contributed by atoms with E-state index in [9.17, 15) is 0 Å². The van der Waals surface area contributed by atoms with Crippen molar-refractivity contribution >= 4 is 15.9 Å². The molecule has 19 heavy (non-hydrogen) atoms. The van der Waals surface area contributed by atoms with E-state index in [1.807, 2.05) is 0 Å². The molecule has 3 atom stereocenters. The fourth-order valence-corrected chi connectivity index (χ4v) is 3.45. The smallest absolute Gasteiger partial charge is 0.0589 e. The molecule has 1 fully saturated rings. The van der Waals surface area contributed by atoms with E-state index in [4.69, 9.17) is 4.74 Å². The zero-order valence-corrected chi connectivity index (χ0v) is 13.4. The van der Waals surface area contributed by atoms with Crippen LogP contribution in [0.15, 0.2) is 28.7 Å². The van der Waals surface area contributed by atoms with Crippen LogP contribution in [0.25, 0.3) is 0 Å². The van der Waals surface area contributed by atoms with Gasteiger partial charge in [0, 0.05) is 23.2 Å². The first-order valence-electron chi connectivity index (χ1n) is 7.32. The summed E-state index contributed by atoms with van der Waals surface area (Å²) in [6.07, 6.45) is 5.10. The molecule has 2 rings (SSSR count). The molecule has 1 aromatic rings. The van der Waals surface area contributed by atoms with Crippen molar-refractivity contribution in [3.63, 3.8) is 0 Å². The summed E-state index contributed by atoms with van der Waals surface area (Å²) in [6.45, 7) is 5.36. The lowest BCUT2D eigenvalue weighted by atomic mass is 9.98. The molecule has 1 heterocycles. The first-order chi connectivity index (χ1) is 9.20. The van der Waals surface area contributed by atoms with E-state index in [0.29, 0.717) is 18.2 Å². The van der Waals surface area contributed by atoms with Crippen molar-refractivity contribution in [3.8, 4) is 0 Å². The molecule has 106 valence electrons. The highest BCUT2D eigenvalue weighted by Gasteiger charge is 2.23. The molecule has 2 nitrogen and oxygen atoms in total. The minimum Gasteiger partial charge on any atom is -0.378 e. The highest BCUT2D eigenvalue weighted by Crippen LogP contribution is 2.25. The number of benzene rings is 1. The Labute approximate surface area is 125 Å². The average Bonchev–Trinajstić information content (AvgIpc) is 2.40. The third kappa shape index (κ3) is 4.30. The van der Waals surface area contributed by atoms with E-state index < -0.39 is 0 Å². The van der Waals surface area contributed by atoms with Gasteiger partial charge in [-0.2, -0.15) is 0 Å². The standard InChI is InChI=1S/C16H24BrNO/c1-3-6-14-11-13(9-10-19-14)18-12(2)15-7-4-5-8-16(15)17/h4-5,7-8,12-14,18H,3,6,9-11H2,1-2H3/t12-,13?,14?/m0/s1. The molecule has 0 aromatic heterocycles. The number of hydrogen-bond acceptors (Lipinski definition) is 2. The molecule has 0 bridgehead atoms. The maximum Gasteiger partial charge on any atom is 0.0589 e. The van der Waals surface area contributed by atoms with Crippen LogP contribution in [0.5, 0.6) is 0 Å². The molecule has 2 unspecified atom stereocenters. The lowest BCUT2D eigenvalue weighted by molar-refractivity contribution is -0.00473. The van der Waals surface area contributed by atoms with E-state index in [0.717, 1.165) is 19.4 Å². The summed E-state index contributed by atoms with van der Waals surface area (Å²) in [7, 11) is 0. The van der Waals surface area contributed by atoms with Gasteiger partial charge in [0.1, 0.15) is 0 Å². The van der Waals surface area contributed by atoms with Gasteiger partial charge in [0.05, 0.1) is 6.10 Å². The van der Waals surface area contributed by atoms with Crippen LogP contribution < -0.4 is 5.32 Å². The second kappa shape index (κ2) is 7.41. The van der Waals surface area contributed by atoms with Crippen molar-refractivity contribution < 1.29 is 4.74 Å². The molecule has 3 heteroatoms. The monoisotopic (exact) mass is 325 g/mol. The Bertz CT molecular complexity index is 394. The molecule has 1 N–H and O–H groups in total. The second-order valence-electron chi connectivity index (χ2n) is 5.41. The van der Waals surface area contributed by atoms with Gasteiger partial charge in [-0.1, -0.05) is 47.5 Å². The average molecular weight is 326 g/mol. The van der Waals surface area contributed by atoms with Gasteiger partial charge < -0.3 is 10.1 Å². The van der Waals surface area contributed by atoms with E-state index in [1.165, 1.54) is 22.9 Å². The van der Waals surface area contributed by atoms with E-state index in [-0.39, 0.29) is 0 Å². The Morgan fingerprint density at radius 3 is 2.95 bits per heavy atom. The summed E-state index contributed by atoms with van der Waals surface area (Å²) in [5.41, 5.74) is 1.33. The van der Waals surface area contributed by atoms with Crippen molar-refractivity contribution in [3.05, 3.63) is 34.3 Å². The number of ether oxygens (including phenoxy) is 1. The lowest BCUT2D eigenvalue weighted by Crippen LogP contribution is -2.40. The second-order valence-corrected chi connectivity index (χ2v) is 6.27. The van der Waals surface area contributed by atoms with Crippen molar-refractivity contribution in [1.29, 1.82) is 0 Å². The Balaban J connectivity index is 1.91. The molecule has 1 aliphatic heterocycles. The topological polar surface area (TPSA) is 21.3 Å². The predicted octanol–water partition coefficient (Wildman–Crippen LogP) is 4.45. The van der Waals surface area contributed by atoms with Crippen molar-refractivity contribution in [2.75, 3.05) is 6.61 Å². The normalized spacial score (nSPS) is 25.2. The molecule has 0 aliphatic carbocycles. The first-order valence-corrected chi connectivity index (χ1v) is 8.12. The fraction of sp³-hybridized carbons (Fsp3) is 0.625. The van der Waals surface area contributed by atoms with Crippen molar-refractivity contribution in [1.82, 2.24) is 5.32 Å². The molecule has 1 aromatic carbocycles. The summed E-state index contributed by atoms with van der Waals surface area (Å²) in [5.74, 6) is 0. The van der Waals surface area contributed by atoms with E-state index >= 15 is 0 Å². The SMILES string of the molecule is CCCC1CC(N[C@@H](C)c2ccccc2Br)CCO1. The number of halogens is 1. The van der Waals surface area contributed by atoms with Gasteiger partial charge in [0.25, 0.3) is 0 Å². The zero-order valence-electron chi connectivity index (χ0n) is 11.9. The number of rotatable bonds is 5. The Morgan fingerprint density at radius 2 is 2.21 bits per heavy atom. The van der Waals surface area contributed by atoms with E-state index in [1.54, 1.807) is 0 Å². The Kier molecular flexibility index (Phi) is 5.86. The Morgan fingerprint density at radius 1 is 1.42 bits per heavy atom. The van der Waals surface area contributed by atoms with Gasteiger partial charge in [-0.05, 0) is 37.8 Å². The minimum absolute atomic E-state index is 0.376. The summed E-state index contributed by atoms with van der Waals surface area (Å²) in [6, 6.07) is 9.41. The molecule has 1 saturated heterocycles. The van der Waals surface area contributed by atoms with E-state index in [2.05, 4.69) is 59.4 Å². The quantitative estimate of drug-likeness (QED) is 0.863. The van der Waals surface area contributed by atoms with Crippen LogP contribution in [-0.4, -0.2) is 18.8 Å². The van der Waals surface area contributed by atoms with Crippen molar-refractivity contribution in [2.24, 2.45) is 0 Å². The summed E-state index contributed by atoms with van der Waals surface area (Å²) in [5, 5.41) is 3.75. The molecule has 0 spiro atoms. The van der Waals surface area contributed by atoms with Crippen LogP contribution in [-0.2, 0) is 4.74 Å². The van der Waals surface area contributed by atoms with Crippen molar-refractivity contribution in [2.45, 2.75) is 57.7 Å². The highest BCUT2D eigenvalue weighted by molar-refractivity contribution is 9.10. The van der Waals surface area contributed by atoms with Crippen LogP contribution in [0.3, 0.4) is 0 Å². The van der Waals surface area contributed by atoms with Gasteiger partial charge >= 0.3 is 0 Å². The van der Waals surface area contributed by atoms with Crippen LogP contribution in [0, 0.1) is 0 Å². The summed E-state index contributed by atoms with van der Waals surface area (Å²) >= 11 is 3.63. The van der Waals surface area contributed by atoms with Crippen LogP contribution in [0.4, 0.5) is 0 Å². The minimum atomic E-state index is 0.376. The number of nitrogens with one attached hydrogen (secondary N) is 1. The molecule has 0 radical (unpaired) electrons. The van der Waals surface area contributed by atoms with Gasteiger partial charge in [-0.25, -0.2) is 0 Å². The lowest BCUT2D eigenvalue weighted by Gasteiger charge is -2.32. The highest BCUT2D eigenvalue weighted by atomic mass is 79.9. The largest absolute Gasteiger partial charge is 0.378 e. The maximum absolute atomic E-state index is 5.81.